The molecular formula is C22H20F3N3O3. The Morgan fingerprint density at radius 3 is 2.45 bits per heavy atom. The van der Waals surface area contributed by atoms with Crippen molar-refractivity contribution in [2.24, 2.45) is 10.2 Å². The van der Waals surface area contributed by atoms with E-state index in [0.29, 0.717) is 17.0 Å². The summed E-state index contributed by atoms with van der Waals surface area (Å²) >= 11 is 0. The largest absolute Gasteiger partial charge is 0.573 e. The first-order valence-corrected chi connectivity index (χ1v) is 9.25. The van der Waals surface area contributed by atoms with Gasteiger partial charge in [0.25, 0.3) is 0 Å². The topological polar surface area (TPSA) is 69.2 Å². The normalized spacial score (nSPS) is 13.5. The van der Waals surface area contributed by atoms with Crippen LogP contribution in [0, 0.1) is 6.92 Å². The molecule has 0 spiro atoms. The van der Waals surface area contributed by atoms with Crippen molar-refractivity contribution < 1.29 is 27.2 Å². The fraction of sp³-hybridized carbons (Fsp3) is 0.227. The second-order valence-corrected chi connectivity index (χ2v) is 6.62. The second-order valence-electron chi connectivity index (χ2n) is 6.62. The first-order chi connectivity index (χ1) is 14.8. The molecule has 0 aliphatic heterocycles. The summed E-state index contributed by atoms with van der Waals surface area (Å²) in [4.78, 5) is 0. The summed E-state index contributed by atoms with van der Waals surface area (Å²) in [5.74, 6) is 0.274. The van der Waals surface area contributed by atoms with Gasteiger partial charge in [-0.3, -0.25) is 0 Å². The molecule has 1 aromatic heterocycles. The fourth-order valence-corrected chi connectivity index (χ4v) is 2.90. The molecule has 0 saturated heterocycles. The highest BCUT2D eigenvalue weighted by Gasteiger charge is 2.31. The number of ether oxygens (including phenoxy) is 2. The number of hydrogen-bond acceptors (Lipinski definition) is 6. The first kappa shape index (κ1) is 22.2. The van der Waals surface area contributed by atoms with Crippen molar-refractivity contribution in [1.82, 2.24) is 5.16 Å². The van der Waals surface area contributed by atoms with Crippen LogP contribution in [0.2, 0.25) is 0 Å². The molecule has 31 heavy (non-hydrogen) atoms. The minimum Gasteiger partial charge on any atom is -0.406 e. The van der Waals surface area contributed by atoms with Crippen LogP contribution in [-0.2, 0) is 4.74 Å². The van der Waals surface area contributed by atoms with Gasteiger partial charge < -0.3 is 14.0 Å². The number of aryl methyl sites for hydroxylation is 1. The van der Waals surface area contributed by atoms with Crippen molar-refractivity contribution in [3.63, 3.8) is 0 Å². The van der Waals surface area contributed by atoms with Crippen molar-refractivity contribution in [1.29, 1.82) is 0 Å². The van der Waals surface area contributed by atoms with Crippen molar-refractivity contribution in [2.45, 2.75) is 26.3 Å². The van der Waals surface area contributed by atoms with E-state index in [0.717, 1.165) is 16.8 Å². The van der Waals surface area contributed by atoms with E-state index in [2.05, 4.69) is 20.1 Å². The van der Waals surface area contributed by atoms with Crippen LogP contribution in [0.4, 0.5) is 13.2 Å². The molecule has 1 atom stereocenters. The van der Waals surface area contributed by atoms with Gasteiger partial charge in [-0.15, -0.1) is 13.2 Å². The number of rotatable bonds is 7. The lowest BCUT2D eigenvalue weighted by Crippen LogP contribution is -2.17. The van der Waals surface area contributed by atoms with E-state index in [1.54, 1.807) is 26.3 Å². The standard InChI is InChI=1S/C22H20F3N3O3/c1-14-12-20(31-28-14)21(29-3)19-7-5-4-6-17(19)13-26-27-15(2)16-8-10-18(11-9-16)30-22(23,24)25/h4-13,21H,1-3H3/b26-13+,27-15+. The Labute approximate surface area is 177 Å². The maximum Gasteiger partial charge on any atom is 0.573 e. The average Bonchev–Trinajstić information content (AvgIpc) is 3.15. The number of nitrogens with zero attached hydrogens (tertiary/aromatic N) is 3. The van der Waals surface area contributed by atoms with Gasteiger partial charge in [0.05, 0.1) is 17.6 Å². The van der Waals surface area contributed by atoms with Gasteiger partial charge in [-0.1, -0.05) is 29.4 Å². The van der Waals surface area contributed by atoms with Gasteiger partial charge in [0.15, 0.2) is 5.76 Å². The highest BCUT2D eigenvalue weighted by atomic mass is 19.4. The molecule has 0 N–H and O–H groups in total. The lowest BCUT2D eigenvalue weighted by molar-refractivity contribution is -0.274. The number of methoxy groups -OCH3 is 1. The summed E-state index contributed by atoms with van der Waals surface area (Å²) < 4.78 is 51.6. The van der Waals surface area contributed by atoms with Gasteiger partial charge in [0, 0.05) is 18.7 Å². The molecule has 0 radical (unpaired) electrons. The van der Waals surface area contributed by atoms with Crippen LogP contribution in [-0.4, -0.2) is 30.6 Å². The molecule has 3 aromatic rings. The van der Waals surface area contributed by atoms with Crippen LogP contribution in [0.5, 0.6) is 5.75 Å². The Bertz CT molecular complexity index is 1070. The fourth-order valence-electron chi connectivity index (χ4n) is 2.90. The monoisotopic (exact) mass is 431 g/mol. The molecular weight excluding hydrogens is 411 g/mol. The molecule has 3 rings (SSSR count). The minimum absolute atomic E-state index is 0.297. The van der Waals surface area contributed by atoms with Gasteiger partial charge in [-0.25, -0.2) is 0 Å². The molecule has 0 bridgehead atoms. The number of hydrogen-bond donors (Lipinski definition) is 0. The Kier molecular flexibility index (Phi) is 6.86. The van der Waals surface area contributed by atoms with Gasteiger partial charge in [-0.2, -0.15) is 10.2 Å². The maximum absolute atomic E-state index is 12.3. The smallest absolute Gasteiger partial charge is 0.406 e. The first-order valence-electron chi connectivity index (χ1n) is 9.25. The zero-order valence-electron chi connectivity index (χ0n) is 17.1. The van der Waals surface area contributed by atoms with Crippen molar-refractivity contribution >= 4 is 11.9 Å². The number of aromatic nitrogens is 1. The third-order valence-electron chi connectivity index (χ3n) is 4.33. The van der Waals surface area contributed by atoms with E-state index >= 15 is 0 Å². The third kappa shape index (κ3) is 6.02. The summed E-state index contributed by atoms with van der Waals surface area (Å²) in [6, 6.07) is 14.7. The van der Waals surface area contributed by atoms with E-state index in [4.69, 9.17) is 9.26 Å². The molecule has 0 aliphatic rings. The molecule has 0 amide bonds. The van der Waals surface area contributed by atoms with E-state index in [1.807, 2.05) is 31.2 Å². The molecule has 6 nitrogen and oxygen atoms in total. The van der Waals surface area contributed by atoms with Crippen LogP contribution >= 0.6 is 0 Å². The molecule has 0 saturated carbocycles. The average molecular weight is 431 g/mol. The van der Waals surface area contributed by atoms with Crippen LogP contribution in [0.3, 0.4) is 0 Å². The zero-order chi connectivity index (χ0) is 22.4. The lowest BCUT2D eigenvalue weighted by Gasteiger charge is -2.14. The lowest BCUT2D eigenvalue weighted by atomic mass is 10.0. The van der Waals surface area contributed by atoms with Crippen LogP contribution in [0.15, 0.2) is 69.3 Å². The van der Waals surface area contributed by atoms with Gasteiger partial charge in [0.1, 0.15) is 11.9 Å². The molecule has 0 fully saturated rings. The summed E-state index contributed by atoms with van der Waals surface area (Å²) in [5, 5.41) is 12.2. The van der Waals surface area contributed by atoms with Crippen LogP contribution < -0.4 is 4.74 Å². The molecule has 1 unspecified atom stereocenters. The predicted octanol–water partition coefficient (Wildman–Crippen LogP) is 5.46. The predicted molar refractivity (Wildman–Crippen MR) is 109 cm³/mol. The van der Waals surface area contributed by atoms with E-state index < -0.39 is 12.5 Å². The molecule has 2 aromatic carbocycles. The Morgan fingerprint density at radius 1 is 1.13 bits per heavy atom. The summed E-state index contributed by atoms with van der Waals surface area (Å²) in [6.07, 6.45) is -3.61. The van der Waals surface area contributed by atoms with Crippen molar-refractivity contribution in [2.75, 3.05) is 7.11 Å². The van der Waals surface area contributed by atoms with E-state index in [-0.39, 0.29) is 5.75 Å². The number of benzene rings is 2. The minimum atomic E-state index is -4.73. The number of halogens is 3. The van der Waals surface area contributed by atoms with Crippen LogP contribution in [0.25, 0.3) is 0 Å². The molecule has 1 heterocycles. The quantitative estimate of drug-likeness (QED) is 0.368. The van der Waals surface area contributed by atoms with Gasteiger partial charge in [0.2, 0.25) is 0 Å². The SMILES string of the molecule is COC(c1cc(C)no1)c1ccccc1/C=N/N=C(\C)c1ccc(OC(F)(F)F)cc1. The van der Waals surface area contributed by atoms with E-state index in [1.165, 1.54) is 24.3 Å². The zero-order valence-corrected chi connectivity index (χ0v) is 17.1. The highest BCUT2D eigenvalue weighted by molar-refractivity contribution is 5.99. The molecule has 9 heteroatoms. The Hall–Kier alpha value is -3.46. The molecule has 162 valence electrons. The van der Waals surface area contributed by atoms with E-state index in [9.17, 15) is 13.2 Å². The summed E-state index contributed by atoms with van der Waals surface area (Å²) in [6.45, 7) is 3.53. The molecule has 0 aliphatic carbocycles. The van der Waals surface area contributed by atoms with Crippen LogP contribution in [0.1, 0.15) is 41.2 Å². The number of alkyl halides is 3. The van der Waals surface area contributed by atoms with Gasteiger partial charge >= 0.3 is 6.36 Å². The Morgan fingerprint density at radius 2 is 1.84 bits per heavy atom. The third-order valence-corrected chi connectivity index (χ3v) is 4.33. The second kappa shape index (κ2) is 9.57. The van der Waals surface area contributed by atoms with Crippen molar-refractivity contribution in [3.05, 3.63) is 82.7 Å². The maximum atomic E-state index is 12.3. The van der Waals surface area contributed by atoms with Gasteiger partial charge in [-0.05, 0) is 49.2 Å². The highest BCUT2D eigenvalue weighted by Crippen LogP contribution is 2.28. The summed E-state index contributed by atoms with van der Waals surface area (Å²) in [7, 11) is 1.57. The Balaban J connectivity index is 1.78. The summed E-state index contributed by atoms with van der Waals surface area (Å²) in [5.41, 5.74) is 3.49. The van der Waals surface area contributed by atoms with Crippen molar-refractivity contribution in [3.8, 4) is 5.75 Å².